The normalized spacial score (nSPS) is 19.3. The Balaban J connectivity index is 1.90. The van der Waals surface area contributed by atoms with Crippen LogP contribution in [0.4, 0.5) is 5.69 Å². The second-order valence-electron chi connectivity index (χ2n) is 7.23. The first-order valence-corrected chi connectivity index (χ1v) is 9.36. The number of likely N-dealkylation sites (N-methyl/N-ethyl adjacent to an activating group) is 1. The van der Waals surface area contributed by atoms with E-state index in [0.717, 1.165) is 32.4 Å². The fourth-order valence-electron chi connectivity index (χ4n) is 3.47. The fourth-order valence-corrected chi connectivity index (χ4v) is 3.47. The number of hydrogen-bond acceptors (Lipinski definition) is 5. The van der Waals surface area contributed by atoms with Crippen molar-refractivity contribution in [1.82, 2.24) is 9.80 Å². The summed E-state index contributed by atoms with van der Waals surface area (Å²) in [6, 6.07) is 6.83. The first kappa shape index (κ1) is 21.1. The van der Waals surface area contributed by atoms with Gasteiger partial charge in [0.15, 0.2) is 5.78 Å². The Morgan fingerprint density at radius 3 is 2.48 bits per heavy atom. The van der Waals surface area contributed by atoms with Crippen molar-refractivity contribution in [2.24, 2.45) is 0 Å². The van der Waals surface area contributed by atoms with Gasteiger partial charge in [-0.1, -0.05) is 0 Å². The van der Waals surface area contributed by atoms with E-state index in [1.54, 1.807) is 24.3 Å². The van der Waals surface area contributed by atoms with Crippen LogP contribution in [0.25, 0.3) is 0 Å². The molecule has 2 unspecified atom stereocenters. The SMILES string of the molecule is CC(=O)c1ccc(NC(=O)C(C)N2CCCC(N(C)CC(=O)O)CC2)cc1. The van der Waals surface area contributed by atoms with Gasteiger partial charge in [0.2, 0.25) is 5.91 Å². The molecule has 1 aromatic rings. The average Bonchev–Trinajstić information content (AvgIpc) is 2.87. The number of carboxylic acids is 1. The minimum absolute atomic E-state index is 0.00627. The highest BCUT2D eigenvalue weighted by Crippen LogP contribution is 2.18. The molecule has 7 nitrogen and oxygen atoms in total. The van der Waals surface area contributed by atoms with Gasteiger partial charge in [0.25, 0.3) is 0 Å². The number of anilines is 1. The molecule has 1 heterocycles. The molecule has 1 fully saturated rings. The molecule has 0 aromatic heterocycles. The molecule has 0 spiro atoms. The number of carbonyl (C=O) groups is 3. The van der Waals surface area contributed by atoms with Gasteiger partial charge in [-0.15, -0.1) is 0 Å². The van der Waals surface area contributed by atoms with Crippen molar-refractivity contribution < 1.29 is 19.5 Å². The highest BCUT2D eigenvalue weighted by Gasteiger charge is 2.27. The van der Waals surface area contributed by atoms with Crippen molar-refractivity contribution in [3.63, 3.8) is 0 Å². The van der Waals surface area contributed by atoms with Gasteiger partial charge in [-0.3, -0.25) is 24.2 Å². The number of carboxylic acid groups (broad SMARTS) is 1. The summed E-state index contributed by atoms with van der Waals surface area (Å²) < 4.78 is 0. The molecule has 1 saturated heterocycles. The lowest BCUT2D eigenvalue weighted by molar-refractivity contribution is -0.138. The van der Waals surface area contributed by atoms with E-state index in [-0.39, 0.29) is 30.3 Å². The van der Waals surface area contributed by atoms with Crippen LogP contribution in [0.2, 0.25) is 0 Å². The van der Waals surface area contributed by atoms with Crippen LogP contribution in [0.1, 0.15) is 43.5 Å². The number of rotatable bonds is 7. The predicted molar refractivity (Wildman–Crippen MR) is 104 cm³/mol. The van der Waals surface area contributed by atoms with Crippen LogP contribution in [-0.2, 0) is 9.59 Å². The van der Waals surface area contributed by atoms with E-state index in [0.29, 0.717) is 11.3 Å². The van der Waals surface area contributed by atoms with Crippen molar-refractivity contribution in [2.75, 3.05) is 32.0 Å². The van der Waals surface area contributed by atoms with Crippen molar-refractivity contribution in [2.45, 2.75) is 45.2 Å². The van der Waals surface area contributed by atoms with Crippen LogP contribution in [0, 0.1) is 0 Å². The molecule has 148 valence electrons. The molecule has 0 saturated carbocycles. The molecule has 0 bridgehead atoms. The maximum Gasteiger partial charge on any atom is 0.317 e. The van der Waals surface area contributed by atoms with Gasteiger partial charge >= 0.3 is 5.97 Å². The van der Waals surface area contributed by atoms with Gasteiger partial charge < -0.3 is 10.4 Å². The maximum atomic E-state index is 12.6. The van der Waals surface area contributed by atoms with E-state index in [2.05, 4.69) is 10.2 Å². The number of nitrogens with zero attached hydrogens (tertiary/aromatic N) is 2. The molecule has 1 amide bonds. The molecular formula is C20H29N3O4. The van der Waals surface area contributed by atoms with E-state index >= 15 is 0 Å². The van der Waals surface area contributed by atoms with E-state index in [1.807, 2.05) is 18.9 Å². The Hall–Kier alpha value is -2.25. The predicted octanol–water partition coefficient (Wildman–Crippen LogP) is 2.09. The second-order valence-corrected chi connectivity index (χ2v) is 7.23. The molecule has 2 N–H and O–H groups in total. The molecule has 2 atom stereocenters. The first-order chi connectivity index (χ1) is 12.8. The Morgan fingerprint density at radius 2 is 1.89 bits per heavy atom. The van der Waals surface area contributed by atoms with Gasteiger partial charge in [-0.25, -0.2) is 0 Å². The number of amides is 1. The van der Waals surface area contributed by atoms with E-state index in [4.69, 9.17) is 5.11 Å². The summed E-state index contributed by atoms with van der Waals surface area (Å²) in [7, 11) is 1.84. The monoisotopic (exact) mass is 375 g/mol. The summed E-state index contributed by atoms with van der Waals surface area (Å²) in [5.74, 6) is -0.904. The third-order valence-electron chi connectivity index (χ3n) is 5.23. The largest absolute Gasteiger partial charge is 0.480 e. The first-order valence-electron chi connectivity index (χ1n) is 9.36. The minimum atomic E-state index is -0.817. The van der Waals surface area contributed by atoms with Gasteiger partial charge in [-0.2, -0.15) is 0 Å². The van der Waals surface area contributed by atoms with Crippen LogP contribution in [0.3, 0.4) is 0 Å². The lowest BCUT2D eigenvalue weighted by Gasteiger charge is -2.28. The molecule has 7 heteroatoms. The Bertz CT molecular complexity index is 674. The van der Waals surface area contributed by atoms with E-state index in [1.165, 1.54) is 6.92 Å². The fraction of sp³-hybridized carbons (Fsp3) is 0.550. The standard InChI is InChI=1S/C20H29N3O4/c1-14(20(27)21-17-8-6-16(7-9-17)15(2)24)23-11-4-5-18(10-12-23)22(3)13-19(25)26/h6-9,14,18H,4-5,10-13H2,1-3H3,(H,21,27)(H,25,26). The van der Waals surface area contributed by atoms with Gasteiger partial charge in [0.1, 0.15) is 0 Å². The molecule has 0 aliphatic carbocycles. The number of aliphatic carboxylic acids is 1. The summed E-state index contributed by atoms with van der Waals surface area (Å²) in [5, 5.41) is 11.9. The smallest absolute Gasteiger partial charge is 0.317 e. The quantitative estimate of drug-likeness (QED) is 0.709. The number of Topliss-reactive ketones (excluding diaryl/α,β-unsaturated/α-hetero) is 1. The minimum Gasteiger partial charge on any atom is -0.480 e. The second kappa shape index (κ2) is 9.62. The molecule has 1 aliphatic rings. The number of nitrogens with one attached hydrogen (secondary N) is 1. The van der Waals surface area contributed by atoms with Crippen molar-refractivity contribution in [3.8, 4) is 0 Å². The van der Waals surface area contributed by atoms with Gasteiger partial charge in [0, 0.05) is 23.8 Å². The summed E-state index contributed by atoms with van der Waals surface area (Å²) in [4.78, 5) is 38.9. The van der Waals surface area contributed by atoms with Crippen molar-refractivity contribution in [1.29, 1.82) is 0 Å². The molecule has 2 rings (SSSR count). The number of ketones is 1. The van der Waals surface area contributed by atoms with Crippen LogP contribution < -0.4 is 5.32 Å². The zero-order chi connectivity index (χ0) is 20.0. The van der Waals surface area contributed by atoms with Crippen LogP contribution in [-0.4, -0.2) is 71.3 Å². The van der Waals surface area contributed by atoms with Crippen LogP contribution in [0.5, 0.6) is 0 Å². The maximum absolute atomic E-state index is 12.6. The topological polar surface area (TPSA) is 90.0 Å². The lowest BCUT2D eigenvalue weighted by Crippen LogP contribution is -2.43. The molecule has 27 heavy (non-hydrogen) atoms. The number of benzene rings is 1. The Morgan fingerprint density at radius 1 is 1.22 bits per heavy atom. The Labute approximate surface area is 160 Å². The summed E-state index contributed by atoms with van der Waals surface area (Å²) in [5.41, 5.74) is 1.29. The molecular weight excluding hydrogens is 346 g/mol. The van der Waals surface area contributed by atoms with Crippen molar-refractivity contribution in [3.05, 3.63) is 29.8 Å². The number of likely N-dealkylation sites (tertiary alicyclic amines) is 1. The van der Waals surface area contributed by atoms with Crippen LogP contribution >= 0.6 is 0 Å². The highest BCUT2D eigenvalue weighted by atomic mass is 16.4. The molecule has 0 radical (unpaired) electrons. The van der Waals surface area contributed by atoms with E-state index in [9.17, 15) is 14.4 Å². The van der Waals surface area contributed by atoms with E-state index < -0.39 is 5.97 Å². The summed E-state index contributed by atoms with van der Waals surface area (Å²) in [6.07, 6.45) is 2.70. The summed E-state index contributed by atoms with van der Waals surface area (Å²) in [6.45, 7) is 5.01. The van der Waals surface area contributed by atoms with Gasteiger partial charge in [-0.05, 0) is 71.0 Å². The molecule has 1 aliphatic heterocycles. The third-order valence-corrected chi connectivity index (χ3v) is 5.23. The average molecular weight is 375 g/mol. The van der Waals surface area contributed by atoms with Crippen LogP contribution in [0.15, 0.2) is 24.3 Å². The zero-order valence-corrected chi connectivity index (χ0v) is 16.3. The Kier molecular flexibility index (Phi) is 7.50. The third kappa shape index (κ3) is 6.15. The highest BCUT2D eigenvalue weighted by molar-refractivity contribution is 5.96. The number of hydrogen-bond donors (Lipinski definition) is 2. The zero-order valence-electron chi connectivity index (χ0n) is 16.3. The van der Waals surface area contributed by atoms with Gasteiger partial charge in [0.05, 0.1) is 12.6 Å². The summed E-state index contributed by atoms with van der Waals surface area (Å²) >= 11 is 0. The lowest BCUT2D eigenvalue weighted by atomic mass is 10.1. The van der Waals surface area contributed by atoms with Crippen molar-refractivity contribution >= 4 is 23.3 Å². The number of carbonyl (C=O) groups excluding carboxylic acids is 2. The molecule has 1 aromatic carbocycles.